The topological polar surface area (TPSA) is 49.3 Å². The van der Waals surface area contributed by atoms with Crippen molar-refractivity contribution in [1.82, 2.24) is 0 Å². The fourth-order valence-corrected chi connectivity index (χ4v) is 1.51. The lowest BCUT2D eigenvalue weighted by Crippen LogP contribution is -2.07. The SMILES string of the molecule is CC(C)=CCNc1cccc(Cl)c1C(=O)O. The predicted molar refractivity (Wildman–Crippen MR) is 66.3 cm³/mol. The molecule has 0 aliphatic heterocycles. The Morgan fingerprint density at radius 2 is 2.19 bits per heavy atom. The lowest BCUT2D eigenvalue weighted by Gasteiger charge is -2.09. The van der Waals surface area contributed by atoms with E-state index in [0.29, 0.717) is 12.2 Å². The molecule has 0 heterocycles. The van der Waals surface area contributed by atoms with E-state index in [-0.39, 0.29) is 10.6 Å². The third-order valence-electron chi connectivity index (χ3n) is 2.03. The van der Waals surface area contributed by atoms with Crippen LogP contribution in [0, 0.1) is 0 Å². The lowest BCUT2D eigenvalue weighted by atomic mass is 10.1. The third-order valence-corrected chi connectivity index (χ3v) is 2.35. The van der Waals surface area contributed by atoms with Gasteiger partial charge in [-0.3, -0.25) is 0 Å². The second-order valence-corrected chi connectivity index (χ2v) is 4.04. The fraction of sp³-hybridized carbons (Fsp3) is 0.250. The minimum Gasteiger partial charge on any atom is -0.478 e. The van der Waals surface area contributed by atoms with Gasteiger partial charge < -0.3 is 10.4 Å². The first-order chi connectivity index (χ1) is 7.52. The average molecular weight is 240 g/mol. The van der Waals surface area contributed by atoms with Crippen LogP contribution in [0.4, 0.5) is 5.69 Å². The molecule has 0 aromatic heterocycles. The van der Waals surface area contributed by atoms with Crippen LogP contribution in [0.15, 0.2) is 29.8 Å². The van der Waals surface area contributed by atoms with Crippen LogP contribution in [0.3, 0.4) is 0 Å². The number of hydrogen-bond donors (Lipinski definition) is 2. The molecule has 2 N–H and O–H groups in total. The Morgan fingerprint density at radius 3 is 2.75 bits per heavy atom. The number of hydrogen-bond acceptors (Lipinski definition) is 2. The number of rotatable bonds is 4. The number of halogens is 1. The first kappa shape index (κ1) is 12.6. The largest absolute Gasteiger partial charge is 0.478 e. The number of aromatic carboxylic acids is 1. The van der Waals surface area contributed by atoms with Gasteiger partial charge in [0.25, 0.3) is 0 Å². The molecule has 0 aliphatic carbocycles. The highest BCUT2D eigenvalue weighted by Crippen LogP contribution is 2.24. The van der Waals surface area contributed by atoms with Crippen LogP contribution in [0.1, 0.15) is 24.2 Å². The summed E-state index contributed by atoms with van der Waals surface area (Å²) >= 11 is 5.83. The summed E-state index contributed by atoms with van der Waals surface area (Å²) in [5.41, 5.74) is 1.83. The normalized spacial score (nSPS) is 9.69. The Labute approximate surface area is 99.7 Å². The van der Waals surface area contributed by atoms with Crippen molar-refractivity contribution < 1.29 is 9.90 Å². The molecule has 0 atom stereocenters. The molecule has 0 bridgehead atoms. The molecule has 1 rings (SSSR count). The molecular weight excluding hydrogens is 226 g/mol. The molecule has 0 fully saturated rings. The summed E-state index contributed by atoms with van der Waals surface area (Å²) in [4.78, 5) is 11.0. The molecule has 0 spiro atoms. The summed E-state index contributed by atoms with van der Waals surface area (Å²) in [5.74, 6) is -1.02. The molecule has 0 radical (unpaired) electrons. The summed E-state index contributed by atoms with van der Waals surface area (Å²) in [6.45, 7) is 4.55. The van der Waals surface area contributed by atoms with E-state index in [4.69, 9.17) is 16.7 Å². The van der Waals surface area contributed by atoms with Crippen molar-refractivity contribution in [3.05, 3.63) is 40.4 Å². The number of carbonyl (C=O) groups is 1. The molecule has 1 aromatic rings. The van der Waals surface area contributed by atoms with Gasteiger partial charge in [-0.25, -0.2) is 4.79 Å². The van der Waals surface area contributed by atoms with Gasteiger partial charge in [0.2, 0.25) is 0 Å². The van der Waals surface area contributed by atoms with Crippen molar-refractivity contribution in [1.29, 1.82) is 0 Å². The van der Waals surface area contributed by atoms with Crippen LogP contribution in [-0.2, 0) is 0 Å². The maximum atomic E-state index is 11.0. The van der Waals surface area contributed by atoms with E-state index in [0.717, 1.165) is 0 Å². The number of allylic oxidation sites excluding steroid dienone is 1. The second-order valence-electron chi connectivity index (χ2n) is 3.63. The average Bonchev–Trinajstić information content (AvgIpc) is 2.16. The van der Waals surface area contributed by atoms with Gasteiger partial charge in [0.1, 0.15) is 5.56 Å². The van der Waals surface area contributed by atoms with Gasteiger partial charge >= 0.3 is 5.97 Å². The first-order valence-corrected chi connectivity index (χ1v) is 5.29. The van der Waals surface area contributed by atoms with E-state index < -0.39 is 5.97 Å². The monoisotopic (exact) mass is 239 g/mol. The molecule has 0 amide bonds. The van der Waals surface area contributed by atoms with E-state index in [1.807, 2.05) is 19.9 Å². The first-order valence-electron chi connectivity index (χ1n) is 4.91. The minimum absolute atomic E-state index is 0.117. The molecule has 86 valence electrons. The molecule has 16 heavy (non-hydrogen) atoms. The maximum Gasteiger partial charge on any atom is 0.339 e. The number of carboxylic acids is 1. The molecule has 4 heteroatoms. The molecular formula is C12H14ClNO2. The Hall–Kier alpha value is -1.48. The van der Waals surface area contributed by atoms with Crippen molar-refractivity contribution in [3.63, 3.8) is 0 Å². The minimum atomic E-state index is -1.02. The van der Waals surface area contributed by atoms with Crippen molar-refractivity contribution >= 4 is 23.3 Å². The van der Waals surface area contributed by atoms with Crippen LogP contribution in [0.25, 0.3) is 0 Å². The second kappa shape index (κ2) is 5.56. The number of benzene rings is 1. The van der Waals surface area contributed by atoms with Crippen LogP contribution >= 0.6 is 11.6 Å². The van der Waals surface area contributed by atoms with E-state index in [2.05, 4.69) is 5.32 Å². The summed E-state index contributed by atoms with van der Waals surface area (Å²) in [6, 6.07) is 4.99. The van der Waals surface area contributed by atoms with Crippen molar-refractivity contribution in [3.8, 4) is 0 Å². The maximum absolute atomic E-state index is 11.0. The number of anilines is 1. The van der Waals surface area contributed by atoms with Crippen LogP contribution < -0.4 is 5.32 Å². The van der Waals surface area contributed by atoms with Gasteiger partial charge in [0.05, 0.1) is 10.7 Å². The van der Waals surface area contributed by atoms with E-state index in [1.54, 1.807) is 18.2 Å². The zero-order valence-electron chi connectivity index (χ0n) is 9.25. The van der Waals surface area contributed by atoms with Gasteiger partial charge in [0, 0.05) is 6.54 Å². The van der Waals surface area contributed by atoms with Gasteiger partial charge in [-0.1, -0.05) is 29.3 Å². The lowest BCUT2D eigenvalue weighted by molar-refractivity contribution is 0.0698. The molecule has 3 nitrogen and oxygen atoms in total. The van der Waals surface area contributed by atoms with E-state index >= 15 is 0 Å². The fourth-order valence-electron chi connectivity index (χ4n) is 1.25. The molecule has 0 aliphatic rings. The summed E-state index contributed by atoms with van der Waals surface area (Å²) in [7, 11) is 0. The zero-order valence-corrected chi connectivity index (χ0v) is 10.0. The Balaban J connectivity index is 2.91. The van der Waals surface area contributed by atoms with E-state index in [9.17, 15) is 4.79 Å². The highest BCUT2D eigenvalue weighted by atomic mass is 35.5. The summed E-state index contributed by atoms with van der Waals surface area (Å²) < 4.78 is 0. The molecule has 1 aromatic carbocycles. The van der Waals surface area contributed by atoms with Crippen LogP contribution in [-0.4, -0.2) is 17.6 Å². The Kier molecular flexibility index (Phi) is 4.38. The Bertz CT molecular complexity index is 423. The Morgan fingerprint density at radius 1 is 1.50 bits per heavy atom. The van der Waals surface area contributed by atoms with Gasteiger partial charge in [-0.05, 0) is 26.0 Å². The molecule has 0 unspecified atom stereocenters. The van der Waals surface area contributed by atoms with Gasteiger partial charge in [-0.2, -0.15) is 0 Å². The van der Waals surface area contributed by atoms with Crippen LogP contribution in [0.2, 0.25) is 5.02 Å². The highest BCUT2D eigenvalue weighted by Gasteiger charge is 2.13. The molecule has 0 saturated heterocycles. The standard InChI is InChI=1S/C12H14ClNO2/c1-8(2)6-7-14-10-5-3-4-9(13)11(10)12(15)16/h3-6,14H,7H2,1-2H3,(H,15,16). The van der Waals surface area contributed by atoms with Crippen molar-refractivity contribution in [2.45, 2.75) is 13.8 Å². The number of carboxylic acid groups (broad SMARTS) is 1. The number of nitrogens with one attached hydrogen (secondary N) is 1. The van der Waals surface area contributed by atoms with E-state index in [1.165, 1.54) is 5.57 Å². The third kappa shape index (κ3) is 3.28. The predicted octanol–water partition coefficient (Wildman–Crippen LogP) is 3.42. The zero-order chi connectivity index (χ0) is 12.1. The molecule has 0 saturated carbocycles. The quantitative estimate of drug-likeness (QED) is 0.792. The van der Waals surface area contributed by atoms with Crippen molar-refractivity contribution in [2.24, 2.45) is 0 Å². The highest BCUT2D eigenvalue weighted by molar-refractivity contribution is 6.34. The summed E-state index contributed by atoms with van der Waals surface area (Å²) in [6.07, 6.45) is 1.98. The van der Waals surface area contributed by atoms with Gasteiger partial charge in [0.15, 0.2) is 0 Å². The van der Waals surface area contributed by atoms with Crippen molar-refractivity contribution in [2.75, 3.05) is 11.9 Å². The van der Waals surface area contributed by atoms with Gasteiger partial charge in [-0.15, -0.1) is 0 Å². The summed E-state index contributed by atoms with van der Waals surface area (Å²) in [5, 5.41) is 12.3. The van der Waals surface area contributed by atoms with Crippen LogP contribution in [0.5, 0.6) is 0 Å². The smallest absolute Gasteiger partial charge is 0.339 e.